The minimum Gasteiger partial charge on any atom is -0.159 e. The van der Waals surface area contributed by atoms with Crippen LogP contribution in [0.4, 0.5) is 0 Å². The Morgan fingerprint density at radius 1 is 1.71 bits per heavy atom. The average molecular weight is 116 g/mol. The van der Waals surface area contributed by atoms with Gasteiger partial charge in [-0.05, 0) is 18.6 Å². The third-order valence-electron chi connectivity index (χ3n) is 1.40. The largest absolute Gasteiger partial charge is 0.159 e. The molecule has 1 atom stereocenters. The minimum absolute atomic E-state index is 1.05. The molecular weight excluding hydrogens is 104 g/mol. The normalized spacial score (nSPS) is 29.6. The van der Waals surface area contributed by atoms with Crippen LogP contribution in [0.15, 0.2) is 0 Å². The average Bonchev–Trinajstić information content (AvgIpc) is 1.55. The maximum atomic E-state index is 2.26. The van der Waals surface area contributed by atoms with Crippen molar-refractivity contribution in [2.45, 2.75) is 31.4 Å². The molecule has 0 radical (unpaired) electrons. The molecule has 0 saturated carbocycles. The predicted molar refractivity (Wildman–Crippen MR) is 35.8 cm³/mol. The molecule has 0 aliphatic carbocycles. The Bertz CT molecular complexity index is 48.1. The van der Waals surface area contributed by atoms with Gasteiger partial charge in [-0.3, -0.25) is 0 Å². The first kappa shape index (κ1) is 5.49. The fourth-order valence-electron chi connectivity index (χ4n) is 0.834. The van der Waals surface area contributed by atoms with Crippen molar-refractivity contribution in [3.8, 4) is 0 Å². The van der Waals surface area contributed by atoms with E-state index in [-0.39, 0.29) is 0 Å². The van der Waals surface area contributed by atoms with Crippen molar-refractivity contribution >= 4 is 11.8 Å². The molecule has 1 rings (SSSR count). The van der Waals surface area contributed by atoms with Gasteiger partial charge in [-0.25, -0.2) is 0 Å². The Hall–Kier alpha value is 0.350. The van der Waals surface area contributed by atoms with Crippen LogP contribution in [-0.2, 0) is 0 Å². The first-order valence-electron chi connectivity index (χ1n) is 3.05. The Balaban J connectivity index is 1.93. The van der Waals surface area contributed by atoms with Gasteiger partial charge in [-0.15, -0.1) is 0 Å². The standard InChI is InChI=1S/C6H12S/c1-2-3-6-4-5-7-6/h6H,2-5H2,1H3/t6-/m1/s1. The summed E-state index contributed by atoms with van der Waals surface area (Å²) in [6.07, 6.45) is 4.31. The highest BCUT2D eigenvalue weighted by atomic mass is 32.2. The molecule has 0 aromatic heterocycles. The fraction of sp³-hybridized carbons (Fsp3) is 1.00. The van der Waals surface area contributed by atoms with Gasteiger partial charge in [0.1, 0.15) is 0 Å². The van der Waals surface area contributed by atoms with Crippen LogP contribution in [0.5, 0.6) is 0 Å². The summed E-state index contributed by atoms with van der Waals surface area (Å²) < 4.78 is 0. The van der Waals surface area contributed by atoms with E-state index < -0.39 is 0 Å². The molecule has 1 heterocycles. The van der Waals surface area contributed by atoms with Crippen LogP contribution in [-0.4, -0.2) is 11.0 Å². The van der Waals surface area contributed by atoms with E-state index in [0.29, 0.717) is 0 Å². The van der Waals surface area contributed by atoms with Crippen molar-refractivity contribution in [2.75, 3.05) is 5.75 Å². The fourth-order valence-corrected chi connectivity index (χ4v) is 1.81. The second-order valence-corrected chi connectivity index (χ2v) is 3.48. The molecule has 0 bridgehead atoms. The highest BCUT2D eigenvalue weighted by Gasteiger charge is 2.15. The molecule has 1 aliphatic heterocycles. The third kappa shape index (κ3) is 1.37. The lowest BCUT2D eigenvalue weighted by atomic mass is 10.2. The molecule has 1 aliphatic rings. The van der Waals surface area contributed by atoms with Crippen LogP contribution in [0.25, 0.3) is 0 Å². The Labute approximate surface area is 49.7 Å². The van der Waals surface area contributed by atoms with Crippen molar-refractivity contribution in [1.29, 1.82) is 0 Å². The number of rotatable bonds is 2. The van der Waals surface area contributed by atoms with Gasteiger partial charge in [0.2, 0.25) is 0 Å². The lowest BCUT2D eigenvalue weighted by Crippen LogP contribution is -2.14. The second-order valence-electron chi connectivity index (χ2n) is 2.07. The Kier molecular flexibility index (Phi) is 2.04. The van der Waals surface area contributed by atoms with Crippen LogP contribution >= 0.6 is 11.8 Å². The van der Waals surface area contributed by atoms with Gasteiger partial charge in [-0.2, -0.15) is 11.8 Å². The Morgan fingerprint density at radius 2 is 2.43 bits per heavy atom. The van der Waals surface area contributed by atoms with E-state index in [9.17, 15) is 0 Å². The van der Waals surface area contributed by atoms with Gasteiger partial charge >= 0.3 is 0 Å². The molecule has 0 amide bonds. The SMILES string of the molecule is CCC[C@@H]1CCS1. The van der Waals surface area contributed by atoms with E-state index in [4.69, 9.17) is 0 Å². The van der Waals surface area contributed by atoms with Crippen LogP contribution in [0.1, 0.15) is 26.2 Å². The van der Waals surface area contributed by atoms with Gasteiger partial charge in [0, 0.05) is 5.25 Å². The van der Waals surface area contributed by atoms with E-state index in [1.165, 1.54) is 25.0 Å². The van der Waals surface area contributed by atoms with Crippen molar-refractivity contribution in [2.24, 2.45) is 0 Å². The second kappa shape index (κ2) is 2.61. The molecule has 1 saturated heterocycles. The summed E-state index contributed by atoms with van der Waals surface area (Å²) in [7, 11) is 0. The number of thioether (sulfide) groups is 1. The molecule has 0 unspecified atom stereocenters. The zero-order valence-electron chi connectivity index (χ0n) is 4.81. The molecule has 0 N–H and O–H groups in total. The molecule has 0 aromatic rings. The lowest BCUT2D eigenvalue weighted by Gasteiger charge is -2.23. The summed E-state index contributed by atoms with van der Waals surface area (Å²) in [6.45, 7) is 2.26. The van der Waals surface area contributed by atoms with Gasteiger partial charge in [0.15, 0.2) is 0 Å². The van der Waals surface area contributed by atoms with Gasteiger partial charge in [0.05, 0.1) is 0 Å². The number of hydrogen-bond donors (Lipinski definition) is 0. The highest BCUT2D eigenvalue weighted by Crippen LogP contribution is 2.30. The van der Waals surface area contributed by atoms with Crippen molar-refractivity contribution < 1.29 is 0 Å². The van der Waals surface area contributed by atoms with E-state index in [1.54, 1.807) is 0 Å². The quantitative estimate of drug-likeness (QED) is 0.533. The van der Waals surface area contributed by atoms with Crippen molar-refractivity contribution in [3.05, 3.63) is 0 Å². The smallest absolute Gasteiger partial charge is 0.00548 e. The van der Waals surface area contributed by atoms with E-state index in [0.717, 1.165) is 5.25 Å². The van der Waals surface area contributed by atoms with E-state index in [1.807, 2.05) is 0 Å². The van der Waals surface area contributed by atoms with Crippen LogP contribution in [0.3, 0.4) is 0 Å². The zero-order chi connectivity index (χ0) is 5.11. The van der Waals surface area contributed by atoms with Gasteiger partial charge < -0.3 is 0 Å². The maximum absolute atomic E-state index is 2.26. The van der Waals surface area contributed by atoms with Crippen molar-refractivity contribution in [1.82, 2.24) is 0 Å². The van der Waals surface area contributed by atoms with E-state index >= 15 is 0 Å². The minimum atomic E-state index is 1.05. The van der Waals surface area contributed by atoms with Crippen LogP contribution < -0.4 is 0 Å². The topological polar surface area (TPSA) is 0 Å². The van der Waals surface area contributed by atoms with Crippen molar-refractivity contribution in [3.63, 3.8) is 0 Å². The predicted octanol–water partition coefficient (Wildman–Crippen LogP) is 2.29. The molecule has 42 valence electrons. The van der Waals surface area contributed by atoms with Crippen LogP contribution in [0.2, 0.25) is 0 Å². The summed E-state index contributed by atoms with van der Waals surface area (Å²) in [6, 6.07) is 0. The molecule has 1 fully saturated rings. The number of hydrogen-bond acceptors (Lipinski definition) is 1. The summed E-state index contributed by atoms with van der Waals surface area (Å²) in [5, 5.41) is 1.05. The summed E-state index contributed by atoms with van der Waals surface area (Å²) in [5.74, 6) is 1.42. The first-order valence-corrected chi connectivity index (χ1v) is 4.10. The maximum Gasteiger partial charge on any atom is 0.00548 e. The third-order valence-corrected chi connectivity index (χ3v) is 2.82. The van der Waals surface area contributed by atoms with Gasteiger partial charge in [-0.1, -0.05) is 13.3 Å². The summed E-state index contributed by atoms with van der Waals surface area (Å²) in [5.41, 5.74) is 0. The lowest BCUT2D eigenvalue weighted by molar-refractivity contribution is 0.693. The van der Waals surface area contributed by atoms with Crippen LogP contribution in [0, 0.1) is 0 Å². The molecular formula is C6H12S. The summed E-state index contributed by atoms with van der Waals surface area (Å²) in [4.78, 5) is 0. The molecule has 1 heteroatoms. The molecule has 0 spiro atoms. The molecule has 0 nitrogen and oxygen atoms in total. The summed E-state index contributed by atoms with van der Waals surface area (Å²) >= 11 is 2.13. The molecule has 7 heavy (non-hydrogen) atoms. The zero-order valence-corrected chi connectivity index (χ0v) is 5.63. The highest BCUT2D eigenvalue weighted by molar-refractivity contribution is 8.01. The van der Waals surface area contributed by atoms with Gasteiger partial charge in [0.25, 0.3) is 0 Å². The van der Waals surface area contributed by atoms with E-state index in [2.05, 4.69) is 18.7 Å². The molecule has 0 aromatic carbocycles. The monoisotopic (exact) mass is 116 g/mol. The first-order chi connectivity index (χ1) is 3.43. The Morgan fingerprint density at radius 3 is 2.57 bits per heavy atom.